The van der Waals surface area contributed by atoms with E-state index in [1.54, 1.807) is 18.3 Å². The summed E-state index contributed by atoms with van der Waals surface area (Å²) >= 11 is 5.87. The van der Waals surface area contributed by atoms with Gasteiger partial charge in [0.1, 0.15) is 17.6 Å². The summed E-state index contributed by atoms with van der Waals surface area (Å²) in [6, 6.07) is 24.4. The molecular weight excluding hydrogens is 471 g/mol. The molecule has 2 aromatic carbocycles. The molecule has 182 valence electrons. The molecule has 3 heterocycles. The molecule has 36 heavy (non-hydrogen) atoms. The maximum absolute atomic E-state index is 13.6. The van der Waals surface area contributed by atoms with Crippen molar-refractivity contribution in [1.82, 2.24) is 14.9 Å². The molecule has 1 aliphatic heterocycles. The third-order valence-corrected chi connectivity index (χ3v) is 7.32. The van der Waals surface area contributed by atoms with Crippen LogP contribution in [0.2, 0.25) is 0 Å². The predicted octanol–water partition coefficient (Wildman–Crippen LogP) is 6.51. The highest BCUT2D eigenvalue weighted by Crippen LogP contribution is 2.42. The second-order valence-electron chi connectivity index (χ2n) is 9.29. The first-order chi connectivity index (χ1) is 17.7. The first kappa shape index (κ1) is 22.7. The van der Waals surface area contributed by atoms with Gasteiger partial charge in [-0.2, -0.15) is 0 Å². The molecule has 1 N–H and O–H groups in total. The van der Waals surface area contributed by atoms with Crippen LogP contribution in [-0.4, -0.2) is 20.8 Å². The SMILES string of the molecule is Fc1ccc(-n2cccc2[C@H]2[C@H](c3ccccn3)NC(=S)N2c2ccc(OC3CCCC3)cc2)cc1. The standard InChI is InChI=1S/C29H27FN4OS/c30-20-10-12-21(13-11-20)33-19-5-9-26(33)28-27(25-8-3-4-18-31-25)32-29(36)34(28)22-14-16-24(17-15-22)35-23-6-1-2-7-23/h3-5,8-19,23,27-28H,1-2,6-7H2,(H,32,36)/t27-,28-/m0/s1. The van der Waals surface area contributed by atoms with E-state index in [1.807, 2.05) is 42.6 Å². The smallest absolute Gasteiger partial charge is 0.174 e. The second-order valence-corrected chi connectivity index (χ2v) is 9.68. The second kappa shape index (κ2) is 9.74. The first-order valence-corrected chi connectivity index (χ1v) is 12.8. The minimum absolute atomic E-state index is 0.165. The van der Waals surface area contributed by atoms with Crippen LogP contribution in [0.5, 0.6) is 5.75 Å². The number of anilines is 1. The number of hydrogen-bond acceptors (Lipinski definition) is 3. The Kier molecular flexibility index (Phi) is 6.15. The average molecular weight is 499 g/mol. The summed E-state index contributed by atoms with van der Waals surface area (Å²) in [5.41, 5.74) is 3.78. The Morgan fingerprint density at radius 1 is 0.889 bits per heavy atom. The van der Waals surface area contributed by atoms with Crippen LogP contribution in [0.25, 0.3) is 5.69 Å². The maximum Gasteiger partial charge on any atom is 0.174 e. The van der Waals surface area contributed by atoms with Crippen molar-refractivity contribution in [2.75, 3.05) is 4.90 Å². The van der Waals surface area contributed by atoms with Crippen LogP contribution in [-0.2, 0) is 0 Å². The average Bonchev–Trinajstić information content (AvgIpc) is 3.66. The third kappa shape index (κ3) is 4.35. The van der Waals surface area contributed by atoms with E-state index in [9.17, 15) is 4.39 Å². The summed E-state index contributed by atoms with van der Waals surface area (Å²) in [6.45, 7) is 0. The van der Waals surface area contributed by atoms with Crippen molar-refractivity contribution in [2.24, 2.45) is 0 Å². The molecule has 2 atom stereocenters. The summed E-state index contributed by atoms with van der Waals surface area (Å²) in [6.07, 6.45) is 8.82. The van der Waals surface area contributed by atoms with Gasteiger partial charge in [-0.25, -0.2) is 4.39 Å². The lowest BCUT2D eigenvalue weighted by molar-refractivity contribution is 0.210. The Morgan fingerprint density at radius 3 is 2.36 bits per heavy atom. The molecule has 5 nitrogen and oxygen atoms in total. The topological polar surface area (TPSA) is 42.3 Å². The van der Waals surface area contributed by atoms with Gasteiger partial charge in [0.25, 0.3) is 0 Å². The van der Waals surface area contributed by atoms with Crippen molar-refractivity contribution >= 4 is 23.0 Å². The molecular formula is C29H27FN4OS. The summed E-state index contributed by atoms with van der Waals surface area (Å²) in [7, 11) is 0. The molecule has 1 saturated heterocycles. The largest absolute Gasteiger partial charge is 0.490 e. The number of nitrogens with zero attached hydrogens (tertiary/aromatic N) is 3. The number of hydrogen-bond donors (Lipinski definition) is 1. The summed E-state index contributed by atoms with van der Waals surface area (Å²) < 4.78 is 21.9. The van der Waals surface area contributed by atoms with Gasteiger partial charge in [0.05, 0.1) is 17.8 Å². The molecule has 0 spiro atoms. The normalized spacial score (nSPS) is 20.0. The van der Waals surface area contributed by atoms with Crippen molar-refractivity contribution in [2.45, 2.75) is 43.9 Å². The van der Waals surface area contributed by atoms with Crippen LogP contribution < -0.4 is 15.0 Å². The van der Waals surface area contributed by atoms with Gasteiger partial charge < -0.3 is 19.5 Å². The van der Waals surface area contributed by atoms with Crippen molar-refractivity contribution in [3.63, 3.8) is 0 Å². The summed E-state index contributed by atoms with van der Waals surface area (Å²) in [4.78, 5) is 6.78. The molecule has 2 fully saturated rings. The highest BCUT2D eigenvalue weighted by Gasteiger charge is 2.42. The van der Waals surface area contributed by atoms with E-state index in [1.165, 1.54) is 25.0 Å². The van der Waals surface area contributed by atoms with E-state index in [0.29, 0.717) is 11.2 Å². The van der Waals surface area contributed by atoms with E-state index in [2.05, 4.69) is 38.0 Å². The van der Waals surface area contributed by atoms with Gasteiger partial charge in [-0.1, -0.05) is 6.07 Å². The first-order valence-electron chi connectivity index (χ1n) is 12.4. The quantitative estimate of drug-likeness (QED) is 0.307. The van der Waals surface area contributed by atoms with Crippen LogP contribution in [0.4, 0.5) is 10.1 Å². The molecule has 2 aliphatic rings. The molecule has 0 unspecified atom stereocenters. The van der Waals surface area contributed by atoms with E-state index in [4.69, 9.17) is 17.0 Å². The van der Waals surface area contributed by atoms with E-state index in [-0.39, 0.29) is 17.9 Å². The molecule has 1 aliphatic carbocycles. The van der Waals surface area contributed by atoms with Gasteiger partial charge >= 0.3 is 0 Å². The van der Waals surface area contributed by atoms with Crippen LogP contribution in [0, 0.1) is 5.82 Å². The number of nitrogens with one attached hydrogen (secondary N) is 1. The number of aromatic nitrogens is 2. The van der Waals surface area contributed by atoms with Crippen LogP contribution in [0.1, 0.15) is 49.2 Å². The fourth-order valence-electron chi connectivity index (χ4n) is 5.29. The van der Waals surface area contributed by atoms with Gasteiger partial charge in [-0.15, -0.1) is 0 Å². The van der Waals surface area contributed by atoms with Crippen LogP contribution in [0.3, 0.4) is 0 Å². The van der Waals surface area contributed by atoms with E-state index >= 15 is 0 Å². The van der Waals surface area contributed by atoms with Gasteiger partial charge in [0.2, 0.25) is 0 Å². The molecule has 6 rings (SSSR count). The lowest BCUT2D eigenvalue weighted by atomic mass is 10.0. The molecule has 0 amide bonds. The minimum atomic E-state index is -0.260. The number of rotatable bonds is 6. The zero-order valence-electron chi connectivity index (χ0n) is 19.8. The maximum atomic E-state index is 13.6. The Balaban J connectivity index is 1.39. The lowest BCUT2D eigenvalue weighted by Gasteiger charge is -2.29. The minimum Gasteiger partial charge on any atom is -0.490 e. The highest BCUT2D eigenvalue weighted by atomic mass is 32.1. The number of thiocarbonyl (C=S) groups is 1. The van der Waals surface area contributed by atoms with Crippen LogP contribution >= 0.6 is 12.2 Å². The number of ether oxygens (including phenoxy) is 1. The van der Waals surface area contributed by atoms with Crippen LogP contribution in [0.15, 0.2) is 91.3 Å². The van der Waals surface area contributed by atoms with Crippen molar-refractivity contribution in [3.05, 3.63) is 108 Å². The highest BCUT2D eigenvalue weighted by molar-refractivity contribution is 7.80. The fourth-order valence-corrected chi connectivity index (χ4v) is 5.64. The van der Waals surface area contributed by atoms with Crippen molar-refractivity contribution in [1.29, 1.82) is 0 Å². The van der Waals surface area contributed by atoms with Crippen molar-refractivity contribution < 1.29 is 9.13 Å². The third-order valence-electron chi connectivity index (χ3n) is 7.01. The number of halogens is 1. The number of pyridine rings is 1. The molecule has 2 aromatic heterocycles. The van der Waals surface area contributed by atoms with Gasteiger partial charge in [-0.3, -0.25) is 4.98 Å². The van der Waals surface area contributed by atoms with Gasteiger partial charge in [-0.05, 0) is 111 Å². The molecule has 0 radical (unpaired) electrons. The zero-order valence-corrected chi connectivity index (χ0v) is 20.6. The molecule has 1 saturated carbocycles. The summed E-state index contributed by atoms with van der Waals surface area (Å²) in [5.74, 6) is 0.625. The lowest BCUT2D eigenvalue weighted by Crippen LogP contribution is -2.30. The van der Waals surface area contributed by atoms with Gasteiger partial charge in [0.15, 0.2) is 5.11 Å². The fraction of sp³-hybridized carbons (Fsp3) is 0.241. The van der Waals surface area contributed by atoms with Gasteiger partial charge in [0, 0.05) is 29.5 Å². The zero-order chi connectivity index (χ0) is 24.5. The summed E-state index contributed by atoms with van der Waals surface area (Å²) in [5, 5.41) is 4.14. The van der Waals surface area contributed by atoms with E-state index < -0.39 is 0 Å². The Morgan fingerprint density at radius 2 is 1.64 bits per heavy atom. The molecule has 4 aromatic rings. The van der Waals surface area contributed by atoms with E-state index in [0.717, 1.165) is 41.4 Å². The Labute approximate surface area is 215 Å². The predicted molar refractivity (Wildman–Crippen MR) is 143 cm³/mol. The number of benzene rings is 2. The Hall–Kier alpha value is -3.71. The molecule has 0 bridgehead atoms. The monoisotopic (exact) mass is 498 g/mol. The van der Waals surface area contributed by atoms with Crippen molar-refractivity contribution in [3.8, 4) is 11.4 Å². The molecule has 7 heteroatoms. The Bertz CT molecular complexity index is 1330.